The number of hydrogen-bond acceptors (Lipinski definition) is 4. The molecule has 0 spiro atoms. The summed E-state index contributed by atoms with van der Waals surface area (Å²) >= 11 is 0. The maximum Gasteiger partial charge on any atom is 0.303 e. The zero-order valence-electron chi connectivity index (χ0n) is 19.0. The molecule has 1 unspecified atom stereocenters. The van der Waals surface area contributed by atoms with E-state index in [0.717, 1.165) is 34.8 Å². The molecule has 0 aliphatic heterocycles. The van der Waals surface area contributed by atoms with Crippen LogP contribution in [0.5, 0.6) is 5.75 Å². The Morgan fingerprint density at radius 1 is 1.00 bits per heavy atom. The lowest BCUT2D eigenvalue weighted by atomic mass is 9.88. The predicted molar refractivity (Wildman–Crippen MR) is 129 cm³/mol. The second-order valence-electron chi connectivity index (χ2n) is 8.33. The van der Waals surface area contributed by atoms with Crippen molar-refractivity contribution in [3.8, 4) is 5.75 Å². The fourth-order valence-corrected chi connectivity index (χ4v) is 3.71. The molecule has 3 rings (SSSR count). The van der Waals surface area contributed by atoms with Gasteiger partial charge in [0.15, 0.2) is 0 Å². The number of pyridine rings is 1. The van der Waals surface area contributed by atoms with Gasteiger partial charge in [0, 0.05) is 19.2 Å². The Morgan fingerprint density at radius 3 is 2.31 bits per heavy atom. The smallest absolute Gasteiger partial charge is 0.303 e. The number of nitrogens with one attached hydrogen (secondary N) is 1. The van der Waals surface area contributed by atoms with Gasteiger partial charge in [-0.2, -0.15) is 0 Å². The van der Waals surface area contributed by atoms with E-state index < -0.39 is 5.97 Å². The zero-order chi connectivity index (χ0) is 22.9. The maximum atomic E-state index is 11.4. The number of hydrogen-bond donors (Lipinski definition) is 2. The number of carboxylic acid groups (broad SMARTS) is 1. The van der Waals surface area contributed by atoms with Crippen molar-refractivity contribution in [1.29, 1.82) is 0 Å². The van der Waals surface area contributed by atoms with Gasteiger partial charge in [-0.05, 0) is 59.2 Å². The number of carboxylic acids is 1. The standard InChI is InChI=1S/C27H32N2O3/c1-19(2)21-9-11-22(12-10-21)23(18-27(30)31)17-20-7-13-25(14-8-20)32-16-15-24-5-4-6-26(28-3)29-24/h4-14,19,23H,15-18H2,1-3H3,(H,28,29)(H,30,31). The second kappa shape index (κ2) is 11.3. The van der Waals surface area contributed by atoms with E-state index in [-0.39, 0.29) is 12.3 Å². The van der Waals surface area contributed by atoms with E-state index in [9.17, 15) is 9.90 Å². The van der Waals surface area contributed by atoms with Crippen LogP contribution in [0.15, 0.2) is 66.7 Å². The van der Waals surface area contributed by atoms with Crippen LogP contribution in [0, 0.1) is 0 Å². The third kappa shape index (κ3) is 6.84. The van der Waals surface area contributed by atoms with Gasteiger partial charge in [-0.3, -0.25) is 4.79 Å². The van der Waals surface area contributed by atoms with E-state index >= 15 is 0 Å². The predicted octanol–water partition coefficient (Wildman–Crippen LogP) is 5.67. The molecule has 0 fully saturated rings. The van der Waals surface area contributed by atoms with Crippen molar-refractivity contribution in [3.63, 3.8) is 0 Å². The summed E-state index contributed by atoms with van der Waals surface area (Å²) in [4.78, 5) is 15.9. The topological polar surface area (TPSA) is 71.5 Å². The molecule has 3 aromatic rings. The van der Waals surface area contributed by atoms with Crippen molar-refractivity contribution in [2.75, 3.05) is 19.0 Å². The van der Waals surface area contributed by atoms with Gasteiger partial charge in [0.1, 0.15) is 11.6 Å². The minimum absolute atomic E-state index is 0.0639. The maximum absolute atomic E-state index is 11.4. The van der Waals surface area contributed by atoms with Crippen molar-refractivity contribution in [1.82, 2.24) is 4.98 Å². The van der Waals surface area contributed by atoms with Gasteiger partial charge in [0.05, 0.1) is 13.0 Å². The second-order valence-corrected chi connectivity index (χ2v) is 8.33. The average Bonchev–Trinajstić information content (AvgIpc) is 2.79. The number of benzene rings is 2. The van der Waals surface area contributed by atoms with E-state index in [1.54, 1.807) is 0 Å². The largest absolute Gasteiger partial charge is 0.493 e. The summed E-state index contributed by atoms with van der Waals surface area (Å²) in [5.74, 6) is 1.26. The summed E-state index contributed by atoms with van der Waals surface area (Å²) in [6.07, 6.45) is 1.51. The summed E-state index contributed by atoms with van der Waals surface area (Å²) in [5.41, 5.74) is 4.40. The molecule has 0 bridgehead atoms. The number of ether oxygens (including phenoxy) is 1. The van der Waals surface area contributed by atoms with Gasteiger partial charge in [-0.15, -0.1) is 0 Å². The molecule has 0 amide bonds. The van der Waals surface area contributed by atoms with Gasteiger partial charge in [0.25, 0.3) is 0 Å². The summed E-state index contributed by atoms with van der Waals surface area (Å²) in [5, 5.41) is 12.4. The molecule has 2 aromatic carbocycles. The molecule has 1 atom stereocenters. The first-order chi connectivity index (χ1) is 15.4. The van der Waals surface area contributed by atoms with Crippen molar-refractivity contribution >= 4 is 11.8 Å². The summed E-state index contributed by atoms with van der Waals surface area (Å²) < 4.78 is 5.87. The highest BCUT2D eigenvalue weighted by molar-refractivity contribution is 5.68. The monoisotopic (exact) mass is 432 g/mol. The highest BCUT2D eigenvalue weighted by atomic mass is 16.5. The van der Waals surface area contributed by atoms with Crippen LogP contribution in [0.1, 0.15) is 54.5 Å². The highest BCUT2D eigenvalue weighted by Crippen LogP contribution is 2.27. The summed E-state index contributed by atoms with van der Waals surface area (Å²) in [7, 11) is 1.85. The Kier molecular flexibility index (Phi) is 8.26. The van der Waals surface area contributed by atoms with Crippen molar-refractivity contribution < 1.29 is 14.6 Å². The van der Waals surface area contributed by atoms with Crippen LogP contribution in [-0.4, -0.2) is 29.7 Å². The number of nitrogens with zero attached hydrogens (tertiary/aromatic N) is 1. The van der Waals surface area contributed by atoms with Crippen LogP contribution in [0.4, 0.5) is 5.82 Å². The molecule has 0 saturated heterocycles. The Labute approximate surface area is 190 Å². The molecule has 32 heavy (non-hydrogen) atoms. The minimum Gasteiger partial charge on any atom is -0.493 e. The quantitative estimate of drug-likeness (QED) is 0.408. The molecule has 0 aliphatic rings. The summed E-state index contributed by atoms with van der Waals surface area (Å²) in [6.45, 7) is 4.86. The number of aliphatic carboxylic acids is 1. The number of aromatic nitrogens is 1. The Balaban J connectivity index is 1.59. The Morgan fingerprint density at radius 2 is 1.69 bits per heavy atom. The van der Waals surface area contributed by atoms with Crippen molar-refractivity contribution in [3.05, 3.63) is 89.1 Å². The zero-order valence-corrected chi connectivity index (χ0v) is 19.0. The molecular formula is C27H32N2O3. The molecule has 2 N–H and O–H groups in total. The Bertz CT molecular complexity index is 998. The van der Waals surface area contributed by atoms with E-state index in [1.807, 2.05) is 49.5 Å². The number of carbonyl (C=O) groups is 1. The highest BCUT2D eigenvalue weighted by Gasteiger charge is 2.17. The van der Waals surface area contributed by atoms with Gasteiger partial charge < -0.3 is 15.2 Å². The van der Waals surface area contributed by atoms with Gasteiger partial charge >= 0.3 is 5.97 Å². The molecule has 0 saturated carbocycles. The normalized spacial score (nSPS) is 11.9. The first-order valence-electron chi connectivity index (χ1n) is 11.1. The van der Waals surface area contributed by atoms with E-state index in [2.05, 4.69) is 48.4 Å². The van der Waals surface area contributed by atoms with E-state index in [4.69, 9.17) is 4.74 Å². The fourth-order valence-electron chi connectivity index (χ4n) is 3.71. The van der Waals surface area contributed by atoms with Gasteiger partial charge in [0.2, 0.25) is 0 Å². The van der Waals surface area contributed by atoms with Crippen LogP contribution < -0.4 is 10.1 Å². The summed E-state index contributed by atoms with van der Waals surface area (Å²) in [6, 6.07) is 22.2. The van der Waals surface area contributed by atoms with Crippen LogP contribution in [-0.2, 0) is 17.6 Å². The van der Waals surface area contributed by atoms with Crippen molar-refractivity contribution in [2.24, 2.45) is 0 Å². The first-order valence-corrected chi connectivity index (χ1v) is 11.1. The molecule has 1 aromatic heterocycles. The average molecular weight is 433 g/mol. The van der Waals surface area contributed by atoms with Gasteiger partial charge in [-0.25, -0.2) is 4.98 Å². The lowest BCUT2D eigenvalue weighted by molar-refractivity contribution is -0.137. The molecule has 5 heteroatoms. The third-order valence-corrected chi connectivity index (χ3v) is 5.59. The molecular weight excluding hydrogens is 400 g/mol. The number of anilines is 1. The minimum atomic E-state index is -0.779. The molecule has 5 nitrogen and oxygen atoms in total. The Hall–Kier alpha value is -3.34. The molecule has 0 aliphatic carbocycles. The SMILES string of the molecule is CNc1cccc(CCOc2ccc(CC(CC(=O)O)c3ccc(C(C)C)cc3)cc2)n1. The molecule has 1 heterocycles. The molecule has 168 valence electrons. The van der Waals surface area contributed by atoms with Crippen LogP contribution >= 0.6 is 0 Å². The van der Waals surface area contributed by atoms with E-state index in [0.29, 0.717) is 18.9 Å². The third-order valence-electron chi connectivity index (χ3n) is 5.59. The number of rotatable bonds is 11. The van der Waals surface area contributed by atoms with Crippen LogP contribution in [0.3, 0.4) is 0 Å². The van der Waals surface area contributed by atoms with Crippen LogP contribution in [0.25, 0.3) is 0 Å². The molecule has 0 radical (unpaired) electrons. The van der Waals surface area contributed by atoms with E-state index in [1.165, 1.54) is 5.56 Å². The van der Waals surface area contributed by atoms with Gasteiger partial charge in [-0.1, -0.05) is 56.3 Å². The van der Waals surface area contributed by atoms with Crippen LogP contribution in [0.2, 0.25) is 0 Å². The fraction of sp³-hybridized carbons (Fsp3) is 0.333. The lowest BCUT2D eigenvalue weighted by Crippen LogP contribution is -2.09. The first kappa shape index (κ1) is 23.3. The van der Waals surface area contributed by atoms with Crippen molar-refractivity contribution in [2.45, 2.75) is 44.9 Å². The lowest BCUT2D eigenvalue weighted by Gasteiger charge is -2.17.